The van der Waals surface area contributed by atoms with Gasteiger partial charge in [0, 0.05) is 11.3 Å². The summed E-state index contributed by atoms with van der Waals surface area (Å²) in [6, 6.07) is 15.2. The van der Waals surface area contributed by atoms with E-state index in [9.17, 15) is 4.79 Å². The molecule has 0 saturated heterocycles. The summed E-state index contributed by atoms with van der Waals surface area (Å²) in [4.78, 5) is 16.3. The van der Waals surface area contributed by atoms with Gasteiger partial charge in [-0.05, 0) is 36.1 Å². The summed E-state index contributed by atoms with van der Waals surface area (Å²) in [5.74, 6) is 1.95. The first-order chi connectivity index (χ1) is 10.8. The summed E-state index contributed by atoms with van der Waals surface area (Å²) in [7, 11) is 0. The van der Waals surface area contributed by atoms with Crippen LogP contribution in [-0.4, -0.2) is 22.4 Å². The van der Waals surface area contributed by atoms with E-state index in [0.29, 0.717) is 11.6 Å². The van der Waals surface area contributed by atoms with Crippen molar-refractivity contribution in [3.05, 3.63) is 48.5 Å². The lowest BCUT2D eigenvalue weighted by Crippen LogP contribution is -2.14. The second-order valence-electron chi connectivity index (χ2n) is 4.75. The third-order valence-electron chi connectivity index (χ3n) is 3.12. The fourth-order valence-corrected chi connectivity index (χ4v) is 2.58. The number of carbonyl (C=O) groups excluding carboxylic acids is 1. The molecule has 1 aromatic heterocycles. The van der Waals surface area contributed by atoms with Gasteiger partial charge in [-0.25, -0.2) is 4.98 Å². The van der Waals surface area contributed by atoms with Gasteiger partial charge in [0.1, 0.15) is 5.52 Å². The van der Waals surface area contributed by atoms with Crippen LogP contribution in [0.1, 0.15) is 6.92 Å². The molecular formula is C17H16N2O2S. The molecule has 0 unspecified atom stereocenters. The molecule has 3 aromatic rings. The average molecular weight is 312 g/mol. The molecule has 4 nitrogen and oxygen atoms in total. The molecular weight excluding hydrogens is 296 g/mol. The normalized spacial score (nSPS) is 10.8. The van der Waals surface area contributed by atoms with Gasteiger partial charge in [-0.3, -0.25) is 4.79 Å². The third kappa shape index (κ3) is 3.31. The van der Waals surface area contributed by atoms with Crippen LogP contribution < -0.4 is 5.32 Å². The Bertz CT molecular complexity index is 765. The Balaban J connectivity index is 1.82. The van der Waals surface area contributed by atoms with E-state index in [4.69, 9.17) is 4.42 Å². The van der Waals surface area contributed by atoms with Crippen LogP contribution in [0, 0.1) is 0 Å². The van der Waals surface area contributed by atoms with Crippen molar-refractivity contribution in [2.24, 2.45) is 0 Å². The molecule has 0 aliphatic carbocycles. The summed E-state index contributed by atoms with van der Waals surface area (Å²) < 4.78 is 5.75. The number of fused-ring (bicyclic) bond motifs is 1. The van der Waals surface area contributed by atoms with Crippen molar-refractivity contribution in [1.82, 2.24) is 4.98 Å². The lowest BCUT2D eigenvalue weighted by Gasteiger charge is -2.05. The van der Waals surface area contributed by atoms with Crippen LogP contribution in [0.3, 0.4) is 0 Å². The topological polar surface area (TPSA) is 55.1 Å². The Morgan fingerprint density at radius 2 is 2.09 bits per heavy atom. The largest absolute Gasteiger partial charge is 0.436 e. The van der Waals surface area contributed by atoms with Gasteiger partial charge in [0.15, 0.2) is 5.58 Å². The number of aromatic nitrogens is 1. The fraction of sp³-hybridized carbons (Fsp3) is 0.176. The molecule has 0 atom stereocenters. The summed E-state index contributed by atoms with van der Waals surface area (Å²) >= 11 is 1.60. The quantitative estimate of drug-likeness (QED) is 0.767. The number of hydrogen-bond donors (Lipinski definition) is 1. The zero-order valence-electron chi connectivity index (χ0n) is 12.2. The first-order valence-corrected chi connectivity index (χ1v) is 8.25. The van der Waals surface area contributed by atoms with Crippen LogP contribution in [0.15, 0.2) is 52.9 Å². The van der Waals surface area contributed by atoms with Crippen molar-refractivity contribution in [1.29, 1.82) is 0 Å². The van der Waals surface area contributed by atoms with Gasteiger partial charge in [0.25, 0.3) is 0 Å². The maximum Gasteiger partial charge on any atom is 0.234 e. The van der Waals surface area contributed by atoms with Gasteiger partial charge < -0.3 is 9.73 Å². The first kappa shape index (κ1) is 14.7. The summed E-state index contributed by atoms with van der Waals surface area (Å²) in [5.41, 5.74) is 3.18. The number of carbonyl (C=O) groups is 1. The van der Waals surface area contributed by atoms with Crippen molar-refractivity contribution in [3.8, 4) is 11.5 Å². The van der Waals surface area contributed by atoms with Crippen LogP contribution in [0.25, 0.3) is 22.6 Å². The maximum absolute atomic E-state index is 11.8. The first-order valence-electron chi connectivity index (χ1n) is 7.10. The number of nitrogens with zero attached hydrogens (tertiary/aromatic N) is 1. The highest BCUT2D eigenvalue weighted by Gasteiger charge is 2.09. The Kier molecular flexibility index (Phi) is 4.44. The van der Waals surface area contributed by atoms with E-state index in [-0.39, 0.29) is 5.91 Å². The Hall–Kier alpha value is -2.27. The zero-order valence-corrected chi connectivity index (χ0v) is 13.0. The SMILES string of the molecule is CCSCC(=O)Nc1cccc(-c2nc3ccccc3o2)c1. The summed E-state index contributed by atoms with van der Waals surface area (Å²) in [6.45, 7) is 2.03. The van der Waals surface area contributed by atoms with Gasteiger partial charge in [-0.1, -0.05) is 25.1 Å². The molecule has 0 spiro atoms. The number of thioether (sulfide) groups is 1. The number of nitrogens with one attached hydrogen (secondary N) is 1. The van der Waals surface area contributed by atoms with Crippen molar-refractivity contribution in [2.45, 2.75) is 6.92 Å². The van der Waals surface area contributed by atoms with E-state index in [2.05, 4.69) is 10.3 Å². The highest BCUT2D eigenvalue weighted by molar-refractivity contribution is 7.99. The highest BCUT2D eigenvalue weighted by Crippen LogP contribution is 2.26. The lowest BCUT2D eigenvalue weighted by molar-refractivity contribution is -0.113. The standard InChI is InChI=1S/C17H16N2O2S/c1-2-22-11-16(20)18-13-7-5-6-12(10-13)17-19-14-8-3-4-9-15(14)21-17/h3-10H,2,11H2,1H3,(H,18,20). The van der Waals surface area contributed by atoms with E-state index in [1.165, 1.54) is 0 Å². The molecule has 3 rings (SSSR count). The second-order valence-corrected chi connectivity index (χ2v) is 6.03. The molecule has 1 heterocycles. The minimum atomic E-state index is 0.00145. The number of hydrogen-bond acceptors (Lipinski definition) is 4. The molecule has 2 aromatic carbocycles. The van der Waals surface area contributed by atoms with Crippen LogP contribution in [-0.2, 0) is 4.79 Å². The Morgan fingerprint density at radius 3 is 2.91 bits per heavy atom. The third-order valence-corrected chi connectivity index (χ3v) is 4.00. The predicted octanol–water partition coefficient (Wildman–Crippen LogP) is 4.19. The molecule has 0 radical (unpaired) electrons. The minimum absolute atomic E-state index is 0.00145. The Labute approximate surface area is 132 Å². The van der Waals surface area contributed by atoms with E-state index in [1.54, 1.807) is 11.8 Å². The van der Waals surface area contributed by atoms with Crippen LogP contribution >= 0.6 is 11.8 Å². The fourth-order valence-electron chi connectivity index (χ4n) is 2.12. The van der Waals surface area contributed by atoms with Crippen LogP contribution in [0.5, 0.6) is 0 Å². The van der Waals surface area contributed by atoms with E-state index >= 15 is 0 Å². The van der Waals surface area contributed by atoms with E-state index < -0.39 is 0 Å². The number of rotatable bonds is 5. The summed E-state index contributed by atoms with van der Waals surface area (Å²) in [6.07, 6.45) is 0. The smallest absolute Gasteiger partial charge is 0.234 e. The number of oxazole rings is 1. The minimum Gasteiger partial charge on any atom is -0.436 e. The van der Waals surface area contributed by atoms with Gasteiger partial charge in [0.2, 0.25) is 11.8 Å². The predicted molar refractivity (Wildman–Crippen MR) is 91.1 cm³/mol. The molecule has 22 heavy (non-hydrogen) atoms. The molecule has 1 N–H and O–H groups in total. The van der Waals surface area contributed by atoms with E-state index in [1.807, 2.05) is 55.5 Å². The Morgan fingerprint density at radius 1 is 1.23 bits per heavy atom. The molecule has 1 amide bonds. The average Bonchev–Trinajstić information content (AvgIpc) is 2.97. The zero-order chi connectivity index (χ0) is 15.4. The van der Waals surface area contributed by atoms with Gasteiger partial charge in [-0.2, -0.15) is 11.8 Å². The molecule has 0 saturated carbocycles. The van der Waals surface area contributed by atoms with E-state index in [0.717, 1.165) is 28.1 Å². The molecule has 0 bridgehead atoms. The molecule has 112 valence electrons. The number of benzene rings is 2. The van der Waals surface area contributed by atoms with Crippen LogP contribution in [0.4, 0.5) is 5.69 Å². The molecule has 0 fully saturated rings. The van der Waals surface area contributed by atoms with Crippen molar-refractivity contribution >= 4 is 34.5 Å². The molecule has 5 heteroatoms. The lowest BCUT2D eigenvalue weighted by atomic mass is 10.2. The molecule has 0 aliphatic heterocycles. The van der Waals surface area contributed by atoms with Crippen molar-refractivity contribution in [3.63, 3.8) is 0 Å². The summed E-state index contributed by atoms with van der Waals surface area (Å²) in [5, 5.41) is 2.89. The highest BCUT2D eigenvalue weighted by atomic mass is 32.2. The van der Waals surface area contributed by atoms with Crippen LogP contribution in [0.2, 0.25) is 0 Å². The van der Waals surface area contributed by atoms with Crippen molar-refractivity contribution in [2.75, 3.05) is 16.8 Å². The number of para-hydroxylation sites is 2. The van der Waals surface area contributed by atoms with Crippen molar-refractivity contribution < 1.29 is 9.21 Å². The van der Waals surface area contributed by atoms with Gasteiger partial charge in [-0.15, -0.1) is 0 Å². The van der Waals surface area contributed by atoms with Gasteiger partial charge in [0.05, 0.1) is 5.75 Å². The monoisotopic (exact) mass is 312 g/mol. The maximum atomic E-state index is 11.8. The molecule has 0 aliphatic rings. The number of amides is 1. The second kappa shape index (κ2) is 6.66. The number of anilines is 1. The van der Waals surface area contributed by atoms with Gasteiger partial charge >= 0.3 is 0 Å².